The van der Waals surface area contributed by atoms with Crippen LogP contribution in [0.4, 0.5) is 0 Å². The minimum atomic E-state index is 0.267. The van der Waals surface area contributed by atoms with Crippen LogP contribution in [0.15, 0.2) is 73.3 Å². The van der Waals surface area contributed by atoms with Crippen LogP contribution in [0.3, 0.4) is 0 Å². The minimum Gasteiger partial charge on any atom is -0.508 e. The van der Waals surface area contributed by atoms with E-state index in [9.17, 15) is 5.11 Å². The molecule has 0 aliphatic carbocycles. The van der Waals surface area contributed by atoms with Crippen molar-refractivity contribution in [1.82, 2.24) is 14.6 Å². The number of aromatic hydroxyl groups is 1. The summed E-state index contributed by atoms with van der Waals surface area (Å²) in [5, 5.41) is 13.8. The summed E-state index contributed by atoms with van der Waals surface area (Å²) >= 11 is 0. The molecule has 0 saturated carbocycles. The fourth-order valence-corrected chi connectivity index (χ4v) is 2.56. The van der Waals surface area contributed by atoms with E-state index in [1.807, 2.05) is 41.2 Å². The summed E-state index contributed by atoms with van der Waals surface area (Å²) < 4.78 is 1.87. The van der Waals surface area contributed by atoms with E-state index in [4.69, 9.17) is 0 Å². The maximum Gasteiger partial charge on any atom is 0.115 e. The van der Waals surface area contributed by atoms with Crippen molar-refractivity contribution < 1.29 is 5.11 Å². The van der Waals surface area contributed by atoms with Crippen LogP contribution in [-0.2, 0) is 0 Å². The van der Waals surface area contributed by atoms with Crippen molar-refractivity contribution in [2.45, 2.75) is 0 Å². The van der Waals surface area contributed by atoms with Crippen LogP contribution in [0.1, 0.15) is 0 Å². The monoisotopic (exact) mass is 287 g/mol. The van der Waals surface area contributed by atoms with Gasteiger partial charge in [-0.25, -0.2) is 4.52 Å². The second-order valence-electron chi connectivity index (χ2n) is 5.09. The number of fused-ring (bicyclic) bond motifs is 1. The first-order chi connectivity index (χ1) is 10.8. The Hall–Kier alpha value is -3.14. The summed E-state index contributed by atoms with van der Waals surface area (Å²) in [4.78, 5) is 4.05. The SMILES string of the molecule is Oc1ccc(-c2ccc3c(-c4ccncc4)cnn3c2)cc1. The molecule has 0 unspecified atom stereocenters. The summed E-state index contributed by atoms with van der Waals surface area (Å²) in [5.74, 6) is 0.267. The van der Waals surface area contributed by atoms with Gasteiger partial charge in [-0.3, -0.25) is 4.98 Å². The third kappa shape index (κ3) is 2.11. The summed E-state index contributed by atoms with van der Waals surface area (Å²) in [6.07, 6.45) is 7.42. The Bertz CT molecular complexity index is 928. The van der Waals surface area contributed by atoms with Crippen LogP contribution >= 0.6 is 0 Å². The van der Waals surface area contributed by atoms with Gasteiger partial charge in [-0.15, -0.1) is 0 Å². The number of nitrogens with zero attached hydrogens (tertiary/aromatic N) is 3. The fourth-order valence-electron chi connectivity index (χ4n) is 2.56. The van der Waals surface area contributed by atoms with Crippen molar-refractivity contribution in [1.29, 1.82) is 0 Å². The second-order valence-corrected chi connectivity index (χ2v) is 5.09. The first kappa shape index (κ1) is 12.6. The van der Waals surface area contributed by atoms with Gasteiger partial charge >= 0.3 is 0 Å². The predicted molar refractivity (Wildman–Crippen MR) is 85.5 cm³/mol. The second kappa shape index (κ2) is 5.00. The molecular formula is C18H13N3O. The lowest BCUT2D eigenvalue weighted by molar-refractivity contribution is 0.475. The molecule has 0 atom stereocenters. The number of hydrogen-bond donors (Lipinski definition) is 1. The highest BCUT2D eigenvalue weighted by atomic mass is 16.3. The van der Waals surface area contributed by atoms with Gasteiger partial charge in [0.05, 0.1) is 11.7 Å². The van der Waals surface area contributed by atoms with Gasteiger partial charge in [0.25, 0.3) is 0 Å². The third-order valence-corrected chi connectivity index (χ3v) is 3.71. The molecule has 0 bridgehead atoms. The van der Waals surface area contributed by atoms with E-state index in [1.54, 1.807) is 24.5 Å². The number of phenols is 1. The highest BCUT2D eigenvalue weighted by molar-refractivity contribution is 5.80. The maximum absolute atomic E-state index is 9.38. The highest BCUT2D eigenvalue weighted by Crippen LogP contribution is 2.27. The lowest BCUT2D eigenvalue weighted by Gasteiger charge is -2.04. The van der Waals surface area contributed by atoms with Crippen LogP contribution < -0.4 is 0 Å². The molecule has 4 rings (SSSR count). The first-order valence-corrected chi connectivity index (χ1v) is 6.98. The van der Waals surface area contributed by atoms with Crippen molar-refractivity contribution in [2.75, 3.05) is 0 Å². The van der Waals surface area contributed by atoms with Crippen molar-refractivity contribution in [3.8, 4) is 28.0 Å². The molecule has 3 heterocycles. The molecule has 1 aromatic carbocycles. The largest absolute Gasteiger partial charge is 0.508 e. The third-order valence-electron chi connectivity index (χ3n) is 3.71. The van der Waals surface area contributed by atoms with Gasteiger partial charge in [0.1, 0.15) is 5.75 Å². The molecule has 4 aromatic rings. The number of pyridine rings is 2. The van der Waals surface area contributed by atoms with Crippen molar-refractivity contribution in [3.63, 3.8) is 0 Å². The zero-order valence-electron chi connectivity index (χ0n) is 11.7. The topological polar surface area (TPSA) is 50.4 Å². The Kier molecular flexibility index (Phi) is 2.86. The number of benzene rings is 1. The van der Waals surface area contributed by atoms with Gasteiger partial charge < -0.3 is 5.11 Å². The zero-order chi connectivity index (χ0) is 14.9. The van der Waals surface area contributed by atoms with Crippen LogP contribution in [0.5, 0.6) is 5.75 Å². The van der Waals surface area contributed by atoms with E-state index in [-0.39, 0.29) is 5.75 Å². The Morgan fingerprint density at radius 3 is 2.27 bits per heavy atom. The lowest BCUT2D eigenvalue weighted by Crippen LogP contribution is -1.88. The van der Waals surface area contributed by atoms with E-state index in [1.165, 1.54) is 0 Å². The van der Waals surface area contributed by atoms with Crippen molar-refractivity contribution in [3.05, 3.63) is 73.3 Å². The molecule has 1 N–H and O–H groups in total. The van der Waals surface area contributed by atoms with Crippen molar-refractivity contribution >= 4 is 5.52 Å². The molecule has 4 nitrogen and oxygen atoms in total. The van der Waals surface area contributed by atoms with Gasteiger partial charge in [-0.05, 0) is 41.5 Å². The Labute approximate surface area is 127 Å². The van der Waals surface area contributed by atoms with Gasteiger partial charge in [0.2, 0.25) is 0 Å². The van der Waals surface area contributed by atoms with Crippen LogP contribution in [0.25, 0.3) is 27.8 Å². The summed E-state index contributed by atoms with van der Waals surface area (Å²) in [6.45, 7) is 0. The Balaban J connectivity index is 1.82. The summed E-state index contributed by atoms with van der Waals surface area (Å²) in [5.41, 5.74) is 5.33. The highest BCUT2D eigenvalue weighted by Gasteiger charge is 2.07. The molecule has 106 valence electrons. The average Bonchev–Trinajstić information content (AvgIpc) is 2.99. The molecule has 0 amide bonds. The van der Waals surface area contributed by atoms with E-state index in [2.05, 4.69) is 22.2 Å². The quantitative estimate of drug-likeness (QED) is 0.610. The predicted octanol–water partition coefficient (Wildman–Crippen LogP) is 3.77. The maximum atomic E-state index is 9.38. The summed E-state index contributed by atoms with van der Waals surface area (Å²) in [7, 11) is 0. The van der Waals surface area contributed by atoms with E-state index in [0.29, 0.717) is 0 Å². The zero-order valence-corrected chi connectivity index (χ0v) is 11.7. The standard InChI is InChI=1S/C18H13N3O/c22-16-4-1-13(2-5-16)15-3-6-18-17(11-20-21(18)12-15)14-7-9-19-10-8-14/h1-12,22H. The van der Waals surface area contributed by atoms with Crippen LogP contribution in [0, 0.1) is 0 Å². The number of phenolic OH excluding ortho intramolecular Hbond substituents is 1. The van der Waals surface area contributed by atoms with E-state index < -0.39 is 0 Å². The van der Waals surface area contributed by atoms with E-state index >= 15 is 0 Å². The molecule has 0 aliphatic rings. The number of rotatable bonds is 2. The van der Waals surface area contributed by atoms with Gasteiger partial charge in [0, 0.05) is 29.7 Å². The molecule has 0 fully saturated rings. The smallest absolute Gasteiger partial charge is 0.115 e. The van der Waals surface area contributed by atoms with E-state index in [0.717, 1.165) is 27.8 Å². The Morgan fingerprint density at radius 1 is 0.773 bits per heavy atom. The number of aromatic nitrogens is 3. The normalized spacial score (nSPS) is 10.9. The van der Waals surface area contributed by atoms with Crippen LogP contribution in [-0.4, -0.2) is 19.7 Å². The molecule has 22 heavy (non-hydrogen) atoms. The molecule has 0 saturated heterocycles. The minimum absolute atomic E-state index is 0.267. The molecule has 3 aromatic heterocycles. The van der Waals surface area contributed by atoms with Gasteiger partial charge in [-0.2, -0.15) is 5.10 Å². The Morgan fingerprint density at radius 2 is 1.50 bits per heavy atom. The van der Waals surface area contributed by atoms with Gasteiger partial charge in [-0.1, -0.05) is 18.2 Å². The molecule has 4 heteroatoms. The fraction of sp³-hybridized carbons (Fsp3) is 0. The molecule has 0 aliphatic heterocycles. The average molecular weight is 287 g/mol. The molecular weight excluding hydrogens is 274 g/mol. The number of hydrogen-bond acceptors (Lipinski definition) is 3. The lowest BCUT2D eigenvalue weighted by atomic mass is 10.1. The molecule has 0 radical (unpaired) electrons. The van der Waals surface area contributed by atoms with Gasteiger partial charge in [0.15, 0.2) is 0 Å². The van der Waals surface area contributed by atoms with Crippen LogP contribution in [0.2, 0.25) is 0 Å². The molecule has 0 spiro atoms. The summed E-state index contributed by atoms with van der Waals surface area (Å²) in [6, 6.07) is 15.2. The first-order valence-electron chi connectivity index (χ1n) is 6.98. The van der Waals surface area contributed by atoms with Crippen molar-refractivity contribution in [2.24, 2.45) is 0 Å².